The van der Waals surface area contributed by atoms with E-state index in [1.165, 1.54) is 16.6 Å². The van der Waals surface area contributed by atoms with Gasteiger partial charge in [0, 0.05) is 93.1 Å². The fourth-order valence-electron chi connectivity index (χ4n) is 9.15. The number of aliphatic hydroxyl groups is 2. The van der Waals surface area contributed by atoms with Gasteiger partial charge in [-0.15, -0.1) is 6.58 Å². The summed E-state index contributed by atoms with van der Waals surface area (Å²) in [6.45, 7) is 21.1. The lowest BCUT2D eigenvalue weighted by molar-refractivity contribution is -0.133. The van der Waals surface area contributed by atoms with Gasteiger partial charge in [-0.2, -0.15) is 4.98 Å². The molecule has 1 aliphatic carbocycles. The number of carbonyl (C=O) groups is 1. The summed E-state index contributed by atoms with van der Waals surface area (Å²) in [6.07, 6.45) is 4.89. The lowest BCUT2D eigenvalue weighted by atomic mass is 9.96. The zero-order valence-electron chi connectivity index (χ0n) is 40.4. The number of piperazine rings is 2. The maximum atomic E-state index is 13.5. The van der Waals surface area contributed by atoms with Crippen LogP contribution in [0.3, 0.4) is 0 Å². The van der Waals surface area contributed by atoms with Crippen molar-refractivity contribution in [1.82, 2.24) is 49.4 Å². The molecule has 18 heteroatoms. The van der Waals surface area contributed by atoms with E-state index in [0.29, 0.717) is 78.7 Å². The highest BCUT2D eigenvalue weighted by atomic mass is 35.5. The predicted molar refractivity (Wildman–Crippen MR) is 272 cm³/mol. The fourth-order valence-corrected chi connectivity index (χ4v) is 9.28. The summed E-state index contributed by atoms with van der Waals surface area (Å²) in [4.78, 5) is 58.1. The molecule has 1 amide bonds. The molecule has 4 aromatic heterocycles. The van der Waals surface area contributed by atoms with Gasteiger partial charge in [-0.3, -0.25) is 9.59 Å². The molecule has 0 saturated carbocycles. The molecule has 2 saturated heterocycles. The normalized spacial score (nSPS) is 18.0. The summed E-state index contributed by atoms with van der Waals surface area (Å²) < 4.78 is 3.16. The number of allylic oxidation sites excluding steroid dienone is 1. The van der Waals surface area contributed by atoms with Crippen molar-refractivity contribution in [2.45, 2.75) is 77.2 Å². The number of hydrogen-bond donors (Lipinski definition) is 4. The second-order valence-electron chi connectivity index (χ2n) is 18.9. The Bertz CT molecular complexity index is 2790. The van der Waals surface area contributed by atoms with Crippen LogP contribution in [0.5, 0.6) is 0 Å². The second kappa shape index (κ2) is 21.2. The number of benzene rings is 2. The number of aliphatic hydroxyl groups excluding tert-OH is 1. The SMILES string of the molecule is C=CCn1c(=O)c2cnc(Nc3ccc(N4CCN(C)CC4)cc3)nc2n1-c1cccc(C(C)(C)O)n1.CC(C)NCC(C(=O)N1CCN(c2ncnc3c2C(C)CC3O)CC1)c1ccc(Cl)cc1. The average molecular weight is 959 g/mol. The minimum Gasteiger partial charge on any atom is -0.387 e. The van der Waals surface area contributed by atoms with Crippen LogP contribution in [-0.2, 0) is 16.9 Å². The van der Waals surface area contributed by atoms with Crippen molar-refractivity contribution in [2.75, 3.05) is 81.1 Å². The maximum Gasteiger partial charge on any atom is 0.278 e. The molecular weight excluding hydrogens is 894 g/mol. The molecule has 3 atom stereocenters. The molecule has 4 N–H and O–H groups in total. The van der Waals surface area contributed by atoms with Gasteiger partial charge in [-0.25, -0.2) is 29.3 Å². The fraction of sp³-hybridized carbons (Fsp3) is 0.431. The molecule has 3 aliphatic rings. The van der Waals surface area contributed by atoms with Crippen LogP contribution in [0.4, 0.5) is 23.1 Å². The minimum absolute atomic E-state index is 0.136. The van der Waals surface area contributed by atoms with E-state index in [9.17, 15) is 19.8 Å². The van der Waals surface area contributed by atoms with Crippen molar-refractivity contribution < 1.29 is 15.0 Å². The third-order valence-electron chi connectivity index (χ3n) is 13.0. The first kappa shape index (κ1) is 49.2. The summed E-state index contributed by atoms with van der Waals surface area (Å²) in [6, 6.07) is 21.4. The number of fused-ring (bicyclic) bond motifs is 2. The van der Waals surface area contributed by atoms with E-state index in [-0.39, 0.29) is 29.8 Å². The van der Waals surface area contributed by atoms with Gasteiger partial charge < -0.3 is 40.4 Å². The highest BCUT2D eigenvalue weighted by Gasteiger charge is 2.35. The molecule has 3 unspecified atom stereocenters. The number of nitrogens with one attached hydrogen (secondary N) is 2. The molecule has 9 rings (SSSR count). The molecule has 2 fully saturated rings. The van der Waals surface area contributed by atoms with Crippen LogP contribution in [0.15, 0.2) is 96.7 Å². The molecule has 69 heavy (non-hydrogen) atoms. The number of nitrogens with zero attached hydrogens (tertiary/aromatic N) is 11. The third-order valence-corrected chi connectivity index (χ3v) is 13.3. The van der Waals surface area contributed by atoms with E-state index in [0.717, 1.165) is 54.5 Å². The Kier molecular flexibility index (Phi) is 15.1. The lowest BCUT2D eigenvalue weighted by Gasteiger charge is -2.38. The highest BCUT2D eigenvalue weighted by Crippen LogP contribution is 2.43. The third kappa shape index (κ3) is 11.1. The van der Waals surface area contributed by atoms with Crippen LogP contribution in [0, 0.1) is 0 Å². The average Bonchev–Trinajstić information content (AvgIpc) is 3.79. The largest absolute Gasteiger partial charge is 0.387 e. The number of rotatable bonds is 13. The van der Waals surface area contributed by atoms with Gasteiger partial charge in [-0.05, 0) is 87.3 Å². The molecular formula is C51H64ClN13O4. The summed E-state index contributed by atoms with van der Waals surface area (Å²) in [5.41, 5.74) is 4.34. The van der Waals surface area contributed by atoms with Gasteiger partial charge >= 0.3 is 0 Å². The zero-order chi connectivity index (χ0) is 49.0. The van der Waals surface area contributed by atoms with Crippen molar-refractivity contribution in [3.8, 4) is 5.82 Å². The monoisotopic (exact) mass is 957 g/mol. The van der Waals surface area contributed by atoms with Gasteiger partial charge in [0.25, 0.3) is 5.56 Å². The van der Waals surface area contributed by atoms with Gasteiger partial charge in [0.2, 0.25) is 11.9 Å². The van der Waals surface area contributed by atoms with E-state index >= 15 is 0 Å². The first-order chi connectivity index (χ1) is 33.1. The number of aromatic nitrogens is 7. The summed E-state index contributed by atoms with van der Waals surface area (Å²) in [7, 11) is 2.15. The Morgan fingerprint density at radius 2 is 1.62 bits per heavy atom. The van der Waals surface area contributed by atoms with E-state index in [4.69, 9.17) is 16.6 Å². The van der Waals surface area contributed by atoms with Gasteiger partial charge in [-0.1, -0.05) is 56.6 Å². The molecule has 0 bridgehead atoms. The molecule has 0 radical (unpaired) electrons. The van der Waals surface area contributed by atoms with Crippen molar-refractivity contribution in [2.24, 2.45) is 0 Å². The number of pyridine rings is 1. The van der Waals surface area contributed by atoms with Crippen LogP contribution >= 0.6 is 11.6 Å². The highest BCUT2D eigenvalue weighted by molar-refractivity contribution is 6.30. The molecule has 364 valence electrons. The van der Waals surface area contributed by atoms with Crippen molar-refractivity contribution in [3.63, 3.8) is 0 Å². The second-order valence-corrected chi connectivity index (χ2v) is 19.4. The van der Waals surface area contributed by atoms with Gasteiger partial charge in [0.15, 0.2) is 11.5 Å². The maximum absolute atomic E-state index is 13.5. The van der Waals surface area contributed by atoms with Crippen molar-refractivity contribution in [3.05, 3.63) is 130 Å². The number of carbonyl (C=O) groups excluding carboxylic acids is 1. The molecule has 6 heterocycles. The Hall–Kier alpha value is -6.24. The summed E-state index contributed by atoms with van der Waals surface area (Å²) in [5, 5.41) is 28.5. The van der Waals surface area contributed by atoms with Crippen LogP contribution in [0.25, 0.3) is 16.9 Å². The van der Waals surface area contributed by atoms with Crippen LogP contribution in [0.1, 0.15) is 81.5 Å². The lowest BCUT2D eigenvalue weighted by Crippen LogP contribution is -2.51. The summed E-state index contributed by atoms with van der Waals surface area (Å²) in [5.74, 6) is 1.85. The zero-order valence-corrected chi connectivity index (χ0v) is 41.1. The van der Waals surface area contributed by atoms with Crippen LogP contribution in [0.2, 0.25) is 5.02 Å². The van der Waals surface area contributed by atoms with Gasteiger partial charge in [0.1, 0.15) is 23.1 Å². The van der Waals surface area contributed by atoms with E-state index in [1.807, 2.05) is 41.3 Å². The van der Waals surface area contributed by atoms with Crippen molar-refractivity contribution >= 4 is 51.7 Å². The molecule has 6 aromatic rings. The molecule has 0 spiro atoms. The Labute approximate surface area is 408 Å². The Morgan fingerprint density at radius 3 is 2.29 bits per heavy atom. The number of anilines is 4. The standard InChI is InChI=1S/C27H32N8O2.C24H32ClN5O2/c1-5-13-34-25(36)21-18-28-26(29-19-9-11-20(12-10-19)33-16-14-32(4)15-17-33)31-24(21)35(34)23-8-6-7-22(30-23)27(2,3)37;1-15(2)26-13-19(17-4-6-18(25)7-5-17)24(32)30-10-8-29(9-11-30)23-21-16(3)12-20(31)22(21)27-14-28-23/h5-12,18,37H,1,13-17H2,2-4H3,(H,28,29,31);4-7,14-16,19-20,26,31H,8-13H2,1-3H3. The van der Waals surface area contributed by atoms with Crippen LogP contribution in [-0.4, -0.2) is 132 Å². The van der Waals surface area contributed by atoms with E-state index in [2.05, 4.69) is 91.8 Å². The van der Waals surface area contributed by atoms with Crippen molar-refractivity contribution in [1.29, 1.82) is 0 Å². The first-order valence-corrected chi connectivity index (χ1v) is 24.1. The van der Waals surface area contributed by atoms with E-state index < -0.39 is 11.7 Å². The Morgan fingerprint density at radius 1 is 0.928 bits per heavy atom. The summed E-state index contributed by atoms with van der Waals surface area (Å²) >= 11 is 6.06. The predicted octanol–water partition coefficient (Wildman–Crippen LogP) is 5.99. The van der Waals surface area contributed by atoms with Crippen LogP contribution < -0.4 is 26.0 Å². The molecule has 2 aromatic carbocycles. The topological polar surface area (TPSA) is 186 Å². The minimum atomic E-state index is -1.14. The van der Waals surface area contributed by atoms with E-state index in [1.54, 1.807) is 49.1 Å². The number of hydrogen-bond acceptors (Lipinski definition) is 14. The molecule has 17 nitrogen and oxygen atoms in total. The molecule has 2 aliphatic heterocycles. The Balaban J connectivity index is 0.000000188. The quantitative estimate of drug-likeness (QED) is 0.0991. The number of amides is 1. The van der Waals surface area contributed by atoms with Gasteiger partial charge in [0.05, 0.1) is 30.0 Å². The first-order valence-electron chi connectivity index (χ1n) is 23.7. The number of likely N-dealkylation sites (N-methyl/N-ethyl adjacent to an activating group) is 1. The number of halogens is 1. The smallest absolute Gasteiger partial charge is 0.278 e.